The number of hydrogen-bond acceptors (Lipinski definition) is 4. The van der Waals surface area contributed by atoms with E-state index in [4.69, 9.17) is 9.05 Å². The summed E-state index contributed by atoms with van der Waals surface area (Å²) in [7, 11) is -3.51. The first-order valence-corrected chi connectivity index (χ1v) is 9.35. The second-order valence-corrected chi connectivity index (χ2v) is 7.69. The first kappa shape index (κ1) is 17.2. The molecule has 0 amide bonds. The molecule has 0 fully saturated rings. The van der Waals surface area contributed by atoms with E-state index in [9.17, 15) is 9.77 Å². The maximum absolute atomic E-state index is 13.3. The molecule has 1 aromatic rings. The molecule has 0 bridgehead atoms. The Morgan fingerprint density at radius 3 is 2.36 bits per heavy atom. The highest BCUT2D eigenvalue weighted by atomic mass is 31.2. The average molecular weight is 325 g/mol. The van der Waals surface area contributed by atoms with Crippen molar-refractivity contribution >= 4 is 13.8 Å². The molecule has 0 N–H and O–H groups in total. The van der Waals surface area contributed by atoms with Crippen molar-refractivity contribution in [1.82, 2.24) is 0 Å². The highest BCUT2D eigenvalue weighted by molar-refractivity contribution is 7.55. The predicted octanol–water partition coefficient (Wildman–Crippen LogP) is 3.96. The van der Waals surface area contributed by atoms with Crippen LogP contribution in [0.2, 0.25) is 0 Å². The van der Waals surface area contributed by atoms with Gasteiger partial charge in [-0.15, -0.1) is 0 Å². The van der Waals surface area contributed by atoms with Gasteiger partial charge in [-0.1, -0.05) is 30.3 Å². The van der Waals surface area contributed by atoms with Crippen LogP contribution in [0.3, 0.4) is 0 Å². The molecule has 1 aliphatic rings. The van der Waals surface area contributed by atoms with E-state index in [1.54, 1.807) is 20.1 Å². The quantitative estimate of drug-likeness (QED) is 0.412. The summed E-state index contributed by atoms with van der Waals surface area (Å²) in [4.78, 5) is 0. The van der Waals surface area contributed by atoms with E-state index in [-0.39, 0.29) is 13.2 Å². The Morgan fingerprint density at radius 2 is 1.86 bits per heavy atom. The molecule has 0 saturated carbocycles. The minimum atomic E-state index is -3.51. The highest BCUT2D eigenvalue weighted by Crippen LogP contribution is 2.64. The molecule has 5 nitrogen and oxygen atoms in total. The molecule has 2 rings (SSSR count). The fourth-order valence-corrected chi connectivity index (χ4v) is 5.28. The van der Waals surface area contributed by atoms with Crippen molar-refractivity contribution in [3.63, 3.8) is 0 Å². The summed E-state index contributed by atoms with van der Waals surface area (Å²) in [5, 5.41) is 11.3. The Kier molecular flexibility index (Phi) is 5.79. The van der Waals surface area contributed by atoms with Crippen LogP contribution in [0.4, 0.5) is 0 Å². The molecule has 0 spiro atoms. The Balaban J connectivity index is 2.28. The molecule has 122 valence electrons. The monoisotopic (exact) mass is 325 g/mol. The van der Waals surface area contributed by atoms with Crippen LogP contribution in [0, 0.1) is 5.21 Å². The molecule has 0 saturated heterocycles. The Hall–Kier alpha value is -1.16. The van der Waals surface area contributed by atoms with Crippen molar-refractivity contribution < 1.29 is 18.4 Å². The van der Waals surface area contributed by atoms with Crippen LogP contribution in [0.15, 0.2) is 30.3 Å². The van der Waals surface area contributed by atoms with Crippen LogP contribution < -0.4 is 0 Å². The standard InChI is InChI=1S/C16H24NO4P/c1-3-20-22(19,21-4-2)16(12-8-14-17(16)18)13-11-15-9-6-5-7-10-15/h5-7,9-10,14H,3-4,8,11-13H2,1-2H3/t16-/m0/s1. The van der Waals surface area contributed by atoms with Gasteiger partial charge in [0, 0.05) is 19.3 Å². The summed E-state index contributed by atoms with van der Waals surface area (Å²) in [6, 6.07) is 9.89. The molecular weight excluding hydrogens is 301 g/mol. The van der Waals surface area contributed by atoms with Gasteiger partial charge in [0.2, 0.25) is 0 Å². The molecule has 22 heavy (non-hydrogen) atoms. The third-order valence-corrected chi connectivity index (χ3v) is 6.87. The van der Waals surface area contributed by atoms with Crippen LogP contribution in [0.5, 0.6) is 0 Å². The van der Waals surface area contributed by atoms with Gasteiger partial charge >= 0.3 is 7.60 Å². The molecule has 1 atom stereocenters. The largest absolute Gasteiger partial charge is 0.623 e. The second-order valence-electron chi connectivity index (χ2n) is 5.35. The number of benzene rings is 1. The average Bonchev–Trinajstić information content (AvgIpc) is 2.89. The van der Waals surface area contributed by atoms with Gasteiger partial charge in [-0.2, -0.15) is 4.74 Å². The molecule has 1 aliphatic heterocycles. The van der Waals surface area contributed by atoms with Crippen LogP contribution in [0.1, 0.15) is 38.7 Å². The molecule has 1 aromatic carbocycles. The van der Waals surface area contributed by atoms with E-state index in [0.717, 1.165) is 10.3 Å². The Morgan fingerprint density at radius 1 is 1.23 bits per heavy atom. The maximum atomic E-state index is 13.3. The highest BCUT2D eigenvalue weighted by Gasteiger charge is 2.59. The maximum Gasteiger partial charge on any atom is 0.402 e. The van der Waals surface area contributed by atoms with E-state index in [0.29, 0.717) is 25.7 Å². The third-order valence-electron chi connectivity index (χ3n) is 4.01. The number of hydrogen-bond donors (Lipinski definition) is 0. The zero-order valence-corrected chi connectivity index (χ0v) is 14.1. The lowest BCUT2D eigenvalue weighted by Crippen LogP contribution is -2.38. The normalized spacial score (nSPS) is 21.8. The number of aryl methyl sites for hydroxylation is 1. The van der Waals surface area contributed by atoms with Gasteiger partial charge in [-0.05, 0) is 25.8 Å². The van der Waals surface area contributed by atoms with Crippen LogP contribution in [-0.2, 0) is 20.0 Å². The van der Waals surface area contributed by atoms with E-state index in [1.165, 1.54) is 0 Å². The number of rotatable bonds is 8. The molecule has 0 aromatic heterocycles. The zero-order chi connectivity index (χ0) is 16.1. The molecule has 6 heteroatoms. The third kappa shape index (κ3) is 3.27. The van der Waals surface area contributed by atoms with Crippen molar-refractivity contribution in [2.75, 3.05) is 13.2 Å². The molecule has 0 unspecified atom stereocenters. The first-order valence-electron chi connectivity index (χ1n) is 7.81. The Bertz CT molecular complexity index is 551. The molecule has 1 heterocycles. The minimum Gasteiger partial charge on any atom is -0.623 e. The summed E-state index contributed by atoms with van der Waals surface area (Å²) in [5.41, 5.74) is 1.11. The van der Waals surface area contributed by atoms with E-state index in [2.05, 4.69) is 0 Å². The summed E-state index contributed by atoms with van der Waals surface area (Å²) in [6.07, 6.45) is 3.77. The topological polar surface area (TPSA) is 61.6 Å². The molecule has 0 radical (unpaired) electrons. The lowest BCUT2D eigenvalue weighted by Gasteiger charge is -2.33. The van der Waals surface area contributed by atoms with E-state index < -0.39 is 12.9 Å². The SMILES string of the molecule is CCOP(=O)(OCC)[C@]1(CCc2ccccc2)CCC=[N+]1[O-]. The smallest absolute Gasteiger partial charge is 0.402 e. The summed E-state index contributed by atoms with van der Waals surface area (Å²) in [6.45, 7) is 4.06. The van der Waals surface area contributed by atoms with Gasteiger partial charge in [0.15, 0.2) is 6.21 Å². The predicted molar refractivity (Wildman–Crippen MR) is 87.3 cm³/mol. The lowest BCUT2D eigenvalue weighted by atomic mass is 10.0. The van der Waals surface area contributed by atoms with Crippen molar-refractivity contribution in [3.8, 4) is 0 Å². The Labute approximate surface area is 132 Å². The summed E-state index contributed by atoms with van der Waals surface area (Å²) < 4.78 is 25.1. The fraction of sp³-hybridized carbons (Fsp3) is 0.562. The van der Waals surface area contributed by atoms with Crippen molar-refractivity contribution in [2.24, 2.45) is 0 Å². The number of nitrogens with zero attached hydrogens (tertiary/aromatic N) is 1. The van der Waals surface area contributed by atoms with Crippen LogP contribution in [-0.4, -0.2) is 29.4 Å². The van der Waals surface area contributed by atoms with Crippen molar-refractivity contribution in [3.05, 3.63) is 41.1 Å². The van der Waals surface area contributed by atoms with E-state index in [1.807, 2.05) is 30.3 Å². The van der Waals surface area contributed by atoms with Gasteiger partial charge in [0.25, 0.3) is 5.28 Å². The van der Waals surface area contributed by atoms with Gasteiger partial charge in [0.1, 0.15) is 0 Å². The first-order chi connectivity index (χ1) is 10.6. The summed E-state index contributed by atoms with van der Waals surface area (Å²) in [5.74, 6) is 0. The van der Waals surface area contributed by atoms with Crippen LogP contribution in [0.25, 0.3) is 0 Å². The van der Waals surface area contributed by atoms with E-state index >= 15 is 0 Å². The molecule has 0 aliphatic carbocycles. The van der Waals surface area contributed by atoms with Gasteiger partial charge in [-0.3, -0.25) is 4.57 Å². The fourth-order valence-electron chi connectivity index (χ4n) is 2.93. The van der Waals surface area contributed by atoms with Gasteiger partial charge in [0.05, 0.1) is 13.2 Å². The van der Waals surface area contributed by atoms with Crippen LogP contribution >= 0.6 is 7.60 Å². The molecular formula is C16H24NO4P. The van der Waals surface area contributed by atoms with Gasteiger partial charge < -0.3 is 14.3 Å². The summed E-state index contributed by atoms with van der Waals surface area (Å²) >= 11 is 0. The second kappa shape index (κ2) is 7.40. The zero-order valence-electron chi connectivity index (χ0n) is 13.2. The van der Waals surface area contributed by atoms with Crippen molar-refractivity contribution in [1.29, 1.82) is 0 Å². The minimum absolute atomic E-state index is 0.262. The lowest BCUT2D eigenvalue weighted by molar-refractivity contribution is -0.513. The van der Waals surface area contributed by atoms with Gasteiger partial charge in [-0.25, -0.2) is 0 Å². The van der Waals surface area contributed by atoms with Crippen molar-refractivity contribution in [2.45, 2.75) is 44.8 Å². The number of hydroxylamine groups is 1.